The average Bonchev–Trinajstić information content (AvgIpc) is 2.80. The molecular formula is C24H36N4O5. The van der Waals surface area contributed by atoms with Crippen LogP contribution in [-0.4, -0.2) is 88.3 Å². The van der Waals surface area contributed by atoms with Crippen LogP contribution in [0.25, 0.3) is 0 Å². The van der Waals surface area contributed by atoms with Crippen molar-refractivity contribution in [3.63, 3.8) is 0 Å². The van der Waals surface area contributed by atoms with Crippen LogP contribution in [-0.2, 0) is 30.3 Å². The molecular weight excluding hydrogens is 424 g/mol. The summed E-state index contributed by atoms with van der Waals surface area (Å²) in [5.74, 6) is -0.615. The van der Waals surface area contributed by atoms with Gasteiger partial charge in [-0.2, -0.15) is 0 Å². The first-order chi connectivity index (χ1) is 15.7. The van der Waals surface area contributed by atoms with Crippen LogP contribution >= 0.6 is 0 Å². The molecule has 0 bridgehead atoms. The predicted octanol–water partition coefficient (Wildman–Crippen LogP) is 1.23. The van der Waals surface area contributed by atoms with E-state index in [0.717, 1.165) is 24.1 Å². The van der Waals surface area contributed by atoms with Gasteiger partial charge in [0.05, 0.1) is 6.61 Å². The largest absolute Gasteiger partial charge is 0.392 e. The summed E-state index contributed by atoms with van der Waals surface area (Å²) < 4.78 is 5.47. The second-order valence-electron chi connectivity index (χ2n) is 7.88. The van der Waals surface area contributed by atoms with Crippen molar-refractivity contribution in [2.75, 3.05) is 59.4 Å². The topological polar surface area (TPSA) is 99.3 Å². The van der Waals surface area contributed by atoms with Gasteiger partial charge in [0.2, 0.25) is 18.2 Å². The highest BCUT2D eigenvalue weighted by Crippen LogP contribution is 2.16. The van der Waals surface area contributed by atoms with Gasteiger partial charge in [0.1, 0.15) is 6.42 Å². The number of rotatable bonds is 15. The zero-order valence-corrected chi connectivity index (χ0v) is 20.3. The van der Waals surface area contributed by atoms with Crippen molar-refractivity contribution in [3.8, 4) is 0 Å². The lowest BCUT2D eigenvalue weighted by molar-refractivity contribution is -0.134. The van der Waals surface area contributed by atoms with E-state index in [1.807, 2.05) is 6.92 Å². The Labute approximate surface area is 196 Å². The van der Waals surface area contributed by atoms with Crippen molar-refractivity contribution in [3.05, 3.63) is 41.6 Å². The number of nitrogens with one attached hydrogen (secondary N) is 1. The number of ether oxygens (including phenoxy) is 1. The summed E-state index contributed by atoms with van der Waals surface area (Å²) in [6.07, 6.45) is 3.07. The number of carbonyl (C=O) groups excluding carboxylic acids is 4. The standard InChI is InChI=1S/C24H36N4O5/c1-19(25-2)15-22(30)16-20-7-9-21(10-8-20)28(5)24(32)17-23(31)27(4)12-14-33-13-6-11-26(3)18-29/h7-10,15,18,25H,6,11-14,16-17H2,1-5H3/b19-15-. The van der Waals surface area contributed by atoms with Crippen molar-refractivity contribution in [2.45, 2.75) is 26.2 Å². The van der Waals surface area contributed by atoms with E-state index in [2.05, 4.69) is 5.32 Å². The number of hydrogen-bond donors (Lipinski definition) is 1. The molecule has 0 saturated heterocycles. The Balaban J connectivity index is 2.44. The molecule has 0 aliphatic heterocycles. The maximum Gasteiger partial charge on any atom is 0.236 e. The molecule has 33 heavy (non-hydrogen) atoms. The van der Waals surface area contributed by atoms with E-state index >= 15 is 0 Å². The van der Waals surface area contributed by atoms with Crippen LogP contribution in [0.15, 0.2) is 36.0 Å². The van der Waals surface area contributed by atoms with Gasteiger partial charge in [0, 0.05) is 71.8 Å². The molecule has 0 radical (unpaired) electrons. The molecule has 0 spiro atoms. The second kappa shape index (κ2) is 14.8. The Morgan fingerprint density at radius 1 is 1.00 bits per heavy atom. The van der Waals surface area contributed by atoms with E-state index < -0.39 is 0 Å². The Hall–Kier alpha value is -3.20. The van der Waals surface area contributed by atoms with E-state index in [0.29, 0.717) is 32.0 Å². The SMILES string of the molecule is CN/C(C)=C\C(=O)Cc1ccc(N(C)C(=O)CC(=O)N(C)CCOCCCN(C)C=O)cc1. The minimum atomic E-state index is -0.318. The summed E-state index contributed by atoms with van der Waals surface area (Å²) in [5, 5.41) is 2.91. The molecule has 0 aromatic heterocycles. The van der Waals surface area contributed by atoms with Crippen molar-refractivity contribution in [1.82, 2.24) is 15.1 Å². The molecule has 0 heterocycles. The maximum absolute atomic E-state index is 12.5. The highest BCUT2D eigenvalue weighted by atomic mass is 16.5. The summed E-state index contributed by atoms with van der Waals surface area (Å²) in [5.41, 5.74) is 2.29. The molecule has 1 aromatic carbocycles. The third-order valence-corrected chi connectivity index (χ3v) is 5.13. The number of benzene rings is 1. The molecule has 0 aliphatic carbocycles. The van der Waals surface area contributed by atoms with Crippen LogP contribution in [0.3, 0.4) is 0 Å². The minimum Gasteiger partial charge on any atom is -0.392 e. The normalized spacial score (nSPS) is 11.0. The fourth-order valence-electron chi connectivity index (χ4n) is 2.83. The highest BCUT2D eigenvalue weighted by Gasteiger charge is 2.18. The van der Waals surface area contributed by atoms with Gasteiger partial charge < -0.3 is 24.8 Å². The van der Waals surface area contributed by atoms with Crippen LogP contribution in [0.5, 0.6) is 0 Å². The summed E-state index contributed by atoms with van der Waals surface area (Å²) in [6.45, 7) is 3.67. The first-order valence-electron chi connectivity index (χ1n) is 10.9. The smallest absolute Gasteiger partial charge is 0.236 e. The van der Waals surface area contributed by atoms with Crippen LogP contribution in [0.2, 0.25) is 0 Å². The van der Waals surface area contributed by atoms with Gasteiger partial charge in [0.25, 0.3) is 0 Å². The van der Waals surface area contributed by atoms with Crippen LogP contribution < -0.4 is 10.2 Å². The van der Waals surface area contributed by atoms with Crippen molar-refractivity contribution in [2.24, 2.45) is 0 Å². The molecule has 0 aliphatic rings. The lowest BCUT2D eigenvalue weighted by Gasteiger charge is -2.21. The first kappa shape index (κ1) is 27.8. The number of amides is 3. The van der Waals surface area contributed by atoms with Crippen LogP contribution in [0.4, 0.5) is 5.69 Å². The quantitative estimate of drug-likeness (QED) is 0.183. The van der Waals surface area contributed by atoms with Gasteiger partial charge in [-0.3, -0.25) is 19.2 Å². The van der Waals surface area contributed by atoms with Gasteiger partial charge in [-0.25, -0.2) is 0 Å². The molecule has 1 aromatic rings. The van der Waals surface area contributed by atoms with Gasteiger partial charge in [-0.05, 0) is 31.0 Å². The second-order valence-corrected chi connectivity index (χ2v) is 7.88. The zero-order chi connectivity index (χ0) is 24.8. The summed E-state index contributed by atoms with van der Waals surface area (Å²) in [6, 6.07) is 7.13. The van der Waals surface area contributed by atoms with Gasteiger partial charge in [0.15, 0.2) is 5.78 Å². The van der Waals surface area contributed by atoms with E-state index in [-0.39, 0.29) is 30.4 Å². The fourth-order valence-corrected chi connectivity index (χ4v) is 2.83. The maximum atomic E-state index is 12.5. The van der Waals surface area contributed by atoms with Gasteiger partial charge in [-0.15, -0.1) is 0 Å². The lowest BCUT2D eigenvalue weighted by Crippen LogP contribution is -2.36. The third kappa shape index (κ3) is 10.8. The predicted molar refractivity (Wildman–Crippen MR) is 128 cm³/mol. The number of ketones is 1. The van der Waals surface area contributed by atoms with Crippen molar-refractivity contribution < 1.29 is 23.9 Å². The number of nitrogens with zero attached hydrogens (tertiary/aromatic N) is 3. The Bertz CT molecular complexity index is 823. The van der Waals surface area contributed by atoms with Gasteiger partial charge >= 0.3 is 0 Å². The summed E-state index contributed by atoms with van der Waals surface area (Å²) in [4.78, 5) is 51.8. The van der Waals surface area contributed by atoms with E-state index in [4.69, 9.17) is 4.74 Å². The molecule has 9 heteroatoms. The minimum absolute atomic E-state index is 0.00931. The molecule has 182 valence electrons. The zero-order valence-electron chi connectivity index (χ0n) is 20.3. The Kier molecular flexibility index (Phi) is 12.5. The average molecular weight is 461 g/mol. The Morgan fingerprint density at radius 3 is 2.27 bits per heavy atom. The molecule has 0 saturated carbocycles. The molecule has 1 rings (SSSR count). The third-order valence-electron chi connectivity index (χ3n) is 5.13. The van der Waals surface area contributed by atoms with Gasteiger partial charge in [-0.1, -0.05) is 12.1 Å². The van der Waals surface area contributed by atoms with E-state index in [9.17, 15) is 19.2 Å². The number of carbonyl (C=O) groups is 4. The number of allylic oxidation sites excluding steroid dienone is 2. The summed E-state index contributed by atoms with van der Waals surface area (Å²) >= 11 is 0. The highest BCUT2D eigenvalue weighted by molar-refractivity contribution is 6.04. The molecule has 0 atom stereocenters. The van der Waals surface area contributed by atoms with Crippen LogP contribution in [0.1, 0.15) is 25.3 Å². The number of hydrogen-bond acceptors (Lipinski definition) is 6. The van der Waals surface area contributed by atoms with Crippen molar-refractivity contribution >= 4 is 29.7 Å². The van der Waals surface area contributed by atoms with Crippen LogP contribution in [0, 0.1) is 0 Å². The monoisotopic (exact) mass is 460 g/mol. The van der Waals surface area contributed by atoms with Crippen molar-refractivity contribution in [1.29, 1.82) is 0 Å². The Morgan fingerprint density at radius 2 is 1.67 bits per heavy atom. The molecule has 9 nitrogen and oxygen atoms in total. The first-order valence-corrected chi connectivity index (χ1v) is 10.9. The molecule has 3 amide bonds. The summed E-state index contributed by atoms with van der Waals surface area (Å²) in [7, 11) is 6.72. The number of anilines is 1. The fraction of sp³-hybridized carbons (Fsp3) is 0.500. The van der Waals surface area contributed by atoms with E-state index in [1.54, 1.807) is 58.5 Å². The molecule has 0 fully saturated rings. The van der Waals surface area contributed by atoms with E-state index in [1.165, 1.54) is 14.7 Å². The lowest BCUT2D eigenvalue weighted by atomic mass is 10.1. The number of likely N-dealkylation sites (N-methyl/N-ethyl adjacent to an activating group) is 1. The molecule has 0 unspecified atom stereocenters. The molecule has 1 N–H and O–H groups in total.